The lowest BCUT2D eigenvalue weighted by Gasteiger charge is -2.25. The summed E-state index contributed by atoms with van der Waals surface area (Å²) in [6.07, 6.45) is 3.65. The molecule has 0 aliphatic heterocycles. The minimum absolute atomic E-state index is 0.0550. The monoisotopic (exact) mass is 463 g/mol. The summed E-state index contributed by atoms with van der Waals surface area (Å²) in [6.45, 7) is 0. The Hall–Kier alpha value is -2.27. The van der Waals surface area contributed by atoms with Gasteiger partial charge in [0, 0.05) is 6.07 Å². The van der Waals surface area contributed by atoms with Crippen LogP contribution in [0.15, 0.2) is 58.3 Å². The molecule has 1 aliphatic carbocycles. The standard InChI is InChI=1S/C19H20F3NO5S2/c20-19(21,22)29(24,25)16-11-12-17(18(13-16)28-14-7-3-1-4-8-14)23-30(26,27)15-9-5-2-6-10-15/h2,5-6,9-14,23H,1,3-4,7-8H2. The van der Waals surface area contributed by atoms with Crippen molar-refractivity contribution in [2.75, 3.05) is 4.72 Å². The molecule has 0 unspecified atom stereocenters. The molecular formula is C19H20F3NO5S2. The van der Waals surface area contributed by atoms with Crippen LogP contribution in [0.5, 0.6) is 5.75 Å². The molecule has 2 aromatic carbocycles. The molecule has 30 heavy (non-hydrogen) atoms. The van der Waals surface area contributed by atoms with Crippen LogP contribution in [-0.2, 0) is 19.9 Å². The maximum Gasteiger partial charge on any atom is 0.501 e. The zero-order chi connectivity index (χ0) is 22.0. The summed E-state index contributed by atoms with van der Waals surface area (Å²) < 4.78 is 95.8. The smallest absolute Gasteiger partial charge is 0.488 e. The molecule has 0 aromatic heterocycles. The average molecular weight is 463 g/mol. The van der Waals surface area contributed by atoms with Gasteiger partial charge in [-0.2, -0.15) is 13.2 Å². The van der Waals surface area contributed by atoms with Crippen molar-refractivity contribution in [1.82, 2.24) is 0 Å². The van der Waals surface area contributed by atoms with Crippen LogP contribution in [0.25, 0.3) is 0 Å². The largest absolute Gasteiger partial charge is 0.501 e. The number of anilines is 1. The van der Waals surface area contributed by atoms with Crippen LogP contribution >= 0.6 is 0 Å². The molecule has 0 heterocycles. The van der Waals surface area contributed by atoms with E-state index in [0.717, 1.165) is 31.4 Å². The highest BCUT2D eigenvalue weighted by atomic mass is 32.2. The van der Waals surface area contributed by atoms with Crippen molar-refractivity contribution in [3.63, 3.8) is 0 Å². The van der Waals surface area contributed by atoms with Gasteiger partial charge in [0.1, 0.15) is 5.75 Å². The van der Waals surface area contributed by atoms with Crippen molar-refractivity contribution >= 4 is 25.5 Å². The number of benzene rings is 2. The Balaban J connectivity index is 2.01. The molecule has 1 aliphatic rings. The van der Waals surface area contributed by atoms with E-state index in [2.05, 4.69) is 4.72 Å². The lowest BCUT2D eigenvalue weighted by atomic mass is 9.98. The molecule has 2 aromatic rings. The highest BCUT2D eigenvalue weighted by Gasteiger charge is 2.47. The van der Waals surface area contributed by atoms with Gasteiger partial charge in [0.25, 0.3) is 19.9 Å². The normalized spacial score (nSPS) is 16.2. The van der Waals surface area contributed by atoms with Crippen molar-refractivity contribution in [3.05, 3.63) is 48.5 Å². The van der Waals surface area contributed by atoms with Crippen LogP contribution in [0.3, 0.4) is 0 Å². The summed E-state index contributed by atoms with van der Waals surface area (Å²) in [5, 5.41) is 0. The minimum atomic E-state index is -5.61. The number of ether oxygens (including phenoxy) is 1. The van der Waals surface area contributed by atoms with Gasteiger partial charge in [-0.25, -0.2) is 16.8 Å². The van der Waals surface area contributed by atoms with Gasteiger partial charge in [0.05, 0.1) is 21.6 Å². The van der Waals surface area contributed by atoms with Crippen LogP contribution in [0.4, 0.5) is 18.9 Å². The maximum atomic E-state index is 13.0. The minimum Gasteiger partial charge on any atom is -0.488 e. The predicted molar refractivity (Wildman–Crippen MR) is 104 cm³/mol. The first-order chi connectivity index (χ1) is 14.0. The number of sulfonamides is 1. The summed E-state index contributed by atoms with van der Waals surface area (Å²) >= 11 is 0. The number of rotatable bonds is 6. The maximum absolute atomic E-state index is 13.0. The molecule has 0 bridgehead atoms. The molecule has 1 saturated carbocycles. The Morgan fingerprint density at radius 1 is 0.867 bits per heavy atom. The van der Waals surface area contributed by atoms with Gasteiger partial charge in [-0.05, 0) is 49.9 Å². The van der Waals surface area contributed by atoms with Crippen molar-refractivity contribution in [2.24, 2.45) is 0 Å². The first-order valence-electron chi connectivity index (χ1n) is 9.21. The molecule has 0 saturated heterocycles. The highest BCUT2D eigenvalue weighted by Crippen LogP contribution is 2.37. The number of sulfone groups is 1. The van der Waals surface area contributed by atoms with Gasteiger partial charge in [0.2, 0.25) is 0 Å². The average Bonchev–Trinajstić information content (AvgIpc) is 2.69. The van der Waals surface area contributed by atoms with E-state index < -0.39 is 30.3 Å². The van der Waals surface area contributed by atoms with Crippen LogP contribution in [0, 0.1) is 0 Å². The molecule has 1 N–H and O–H groups in total. The van der Waals surface area contributed by atoms with E-state index in [-0.39, 0.29) is 22.4 Å². The Labute approximate surface area is 173 Å². The molecule has 3 rings (SSSR count). The fourth-order valence-electron chi connectivity index (χ4n) is 3.15. The van der Waals surface area contributed by atoms with Gasteiger partial charge >= 0.3 is 5.51 Å². The van der Waals surface area contributed by atoms with Crippen LogP contribution < -0.4 is 9.46 Å². The zero-order valence-corrected chi connectivity index (χ0v) is 17.4. The Morgan fingerprint density at radius 2 is 1.50 bits per heavy atom. The van der Waals surface area contributed by atoms with Crippen LogP contribution in [-0.4, -0.2) is 28.4 Å². The van der Waals surface area contributed by atoms with Gasteiger partial charge in [-0.1, -0.05) is 24.6 Å². The molecule has 0 spiro atoms. The van der Waals surface area contributed by atoms with E-state index in [0.29, 0.717) is 18.9 Å². The number of halogens is 3. The van der Waals surface area contributed by atoms with E-state index in [9.17, 15) is 30.0 Å². The van der Waals surface area contributed by atoms with Crippen LogP contribution in [0.2, 0.25) is 0 Å². The highest BCUT2D eigenvalue weighted by molar-refractivity contribution is 7.93. The van der Waals surface area contributed by atoms with E-state index in [1.807, 2.05) is 0 Å². The topological polar surface area (TPSA) is 89.5 Å². The third-order valence-corrected chi connectivity index (χ3v) is 7.58. The van der Waals surface area contributed by atoms with E-state index in [1.165, 1.54) is 24.3 Å². The first-order valence-corrected chi connectivity index (χ1v) is 12.2. The third kappa shape index (κ3) is 4.89. The molecule has 0 radical (unpaired) electrons. The fraction of sp³-hybridized carbons (Fsp3) is 0.368. The second-order valence-electron chi connectivity index (χ2n) is 6.90. The van der Waals surface area contributed by atoms with E-state index >= 15 is 0 Å². The second-order valence-corrected chi connectivity index (χ2v) is 10.5. The molecule has 6 nitrogen and oxygen atoms in total. The van der Waals surface area contributed by atoms with Gasteiger partial charge in [0.15, 0.2) is 0 Å². The van der Waals surface area contributed by atoms with E-state index in [1.54, 1.807) is 6.07 Å². The van der Waals surface area contributed by atoms with E-state index in [4.69, 9.17) is 4.74 Å². The molecule has 0 atom stereocenters. The van der Waals surface area contributed by atoms with Gasteiger partial charge in [-0.3, -0.25) is 4.72 Å². The van der Waals surface area contributed by atoms with Crippen molar-refractivity contribution in [1.29, 1.82) is 0 Å². The second kappa shape index (κ2) is 8.46. The number of hydrogen-bond donors (Lipinski definition) is 1. The molecule has 1 fully saturated rings. The quantitative estimate of drug-likeness (QED) is 0.682. The Bertz CT molecular complexity index is 1090. The summed E-state index contributed by atoms with van der Waals surface area (Å²) in [5.74, 6) is -0.258. The van der Waals surface area contributed by atoms with Gasteiger partial charge in [-0.15, -0.1) is 0 Å². The molecule has 11 heteroatoms. The molecule has 164 valence electrons. The summed E-state index contributed by atoms with van der Waals surface area (Å²) in [6, 6.07) is 9.78. The SMILES string of the molecule is O=S(=O)(Nc1ccc(S(=O)(=O)C(F)(F)F)cc1OC1CCCCC1)c1ccccc1. The third-order valence-electron chi connectivity index (χ3n) is 4.71. The summed E-state index contributed by atoms with van der Waals surface area (Å²) in [7, 11) is -9.66. The summed E-state index contributed by atoms with van der Waals surface area (Å²) in [5.41, 5.74) is -5.62. The molecule has 0 amide bonds. The van der Waals surface area contributed by atoms with Gasteiger partial charge < -0.3 is 4.74 Å². The van der Waals surface area contributed by atoms with Crippen molar-refractivity contribution in [2.45, 2.75) is 53.5 Å². The Morgan fingerprint density at radius 3 is 2.10 bits per heavy atom. The van der Waals surface area contributed by atoms with Crippen LogP contribution in [0.1, 0.15) is 32.1 Å². The fourth-order valence-corrected chi connectivity index (χ4v) is 5.02. The number of hydrogen-bond acceptors (Lipinski definition) is 5. The summed E-state index contributed by atoms with van der Waals surface area (Å²) in [4.78, 5) is -1.07. The zero-order valence-electron chi connectivity index (χ0n) is 15.7. The lowest BCUT2D eigenvalue weighted by molar-refractivity contribution is -0.0436. The predicted octanol–water partition coefficient (Wildman–Crippen LogP) is 4.49. The molecular weight excluding hydrogens is 443 g/mol. The van der Waals surface area contributed by atoms with Crippen molar-refractivity contribution in [3.8, 4) is 5.75 Å². The lowest BCUT2D eigenvalue weighted by Crippen LogP contribution is -2.24. The Kier molecular flexibility index (Phi) is 6.32. The number of alkyl halides is 3. The number of nitrogens with one attached hydrogen (secondary N) is 1. The first kappa shape index (κ1) is 22.4. The van der Waals surface area contributed by atoms with Crippen molar-refractivity contribution < 1.29 is 34.7 Å².